The van der Waals surface area contributed by atoms with E-state index in [2.05, 4.69) is 29.0 Å². The molecule has 0 aliphatic carbocycles. The number of hydrogen-bond acceptors (Lipinski definition) is 3. The molecule has 0 amide bonds. The molecule has 1 saturated heterocycles. The van der Waals surface area contributed by atoms with Crippen LogP contribution in [0.5, 0.6) is 0 Å². The first kappa shape index (κ1) is 14.8. The van der Waals surface area contributed by atoms with Gasteiger partial charge in [-0.2, -0.15) is 0 Å². The Morgan fingerprint density at radius 3 is 3.00 bits per heavy atom. The maximum Gasteiger partial charge on any atom is 0.137 e. The summed E-state index contributed by atoms with van der Waals surface area (Å²) in [6.45, 7) is 8.88. The highest BCUT2D eigenvalue weighted by atomic mass is 35.5. The summed E-state index contributed by atoms with van der Waals surface area (Å²) >= 11 is 5.99. The molecule has 0 bridgehead atoms. The van der Waals surface area contributed by atoms with Crippen molar-refractivity contribution in [2.24, 2.45) is 5.92 Å². The topological polar surface area (TPSA) is 32.6 Å². The van der Waals surface area contributed by atoms with Gasteiger partial charge in [-0.15, -0.1) is 0 Å². The summed E-state index contributed by atoms with van der Waals surface area (Å²) in [7, 11) is 0. The average molecular weight is 307 g/mol. The van der Waals surface area contributed by atoms with E-state index in [0.717, 1.165) is 35.4 Å². The minimum absolute atomic E-state index is 0.665. The van der Waals surface area contributed by atoms with Crippen LogP contribution in [0.2, 0.25) is 5.02 Å². The Hall–Kier alpha value is -1.10. The van der Waals surface area contributed by atoms with Crippen LogP contribution in [0.3, 0.4) is 0 Å². The van der Waals surface area contributed by atoms with Gasteiger partial charge in [-0.1, -0.05) is 11.6 Å². The summed E-state index contributed by atoms with van der Waals surface area (Å²) in [5, 5.41) is 4.28. The molecule has 1 fully saturated rings. The number of nitrogens with zero attached hydrogens (tertiary/aromatic N) is 3. The molecule has 2 aromatic rings. The predicted octanol–water partition coefficient (Wildman–Crippen LogP) is 2.81. The van der Waals surface area contributed by atoms with Gasteiger partial charge in [0, 0.05) is 31.5 Å². The SMILES string of the molecule is CC(C)N1CCC(CNCc2cn3cc(Cl)ccc3n2)C1. The molecular weight excluding hydrogens is 284 g/mol. The second-order valence-electron chi connectivity index (χ2n) is 6.22. The third kappa shape index (κ3) is 3.57. The summed E-state index contributed by atoms with van der Waals surface area (Å²) in [5.74, 6) is 0.763. The van der Waals surface area contributed by atoms with Crippen LogP contribution in [-0.2, 0) is 6.54 Å². The highest BCUT2D eigenvalue weighted by Crippen LogP contribution is 2.18. The number of hydrogen-bond donors (Lipinski definition) is 1. The van der Waals surface area contributed by atoms with E-state index in [9.17, 15) is 0 Å². The van der Waals surface area contributed by atoms with Crippen LogP contribution < -0.4 is 5.32 Å². The molecular formula is C16H23ClN4. The molecule has 1 aliphatic rings. The molecule has 0 aromatic carbocycles. The molecule has 3 heterocycles. The lowest BCUT2D eigenvalue weighted by molar-refractivity contribution is 0.264. The highest BCUT2D eigenvalue weighted by Gasteiger charge is 2.23. The van der Waals surface area contributed by atoms with Crippen molar-refractivity contribution in [1.29, 1.82) is 0 Å². The molecule has 1 unspecified atom stereocenters. The summed E-state index contributed by atoms with van der Waals surface area (Å²) in [6, 6.07) is 4.49. The van der Waals surface area contributed by atoms with Crippen molar-refractivity contribution in [3.8, 4) is 0 Å². The highest BCUT2D eigenvalue weighted by molar-refractivity contribution is 6.30. The van der Waals surface area contributed by atoms with Crippen LogP contribution in [0, 0.1) is 5.92 Å². The molecule has 0 radical (unpaired) electrons. The molecule has 0 spiro atoms. The van der Waals surface area contributed by atoms with Crippen molar-refractivity contribution in [2.45, 2.75) is 32.9 Å². The smallest absolute Gasteiger partial charge is 0.137 e. The Bertz CT molecular complexity index is 607. The second-order valence-corrected chi connectivity index (χ2v) is 6.66. The van der Waals surface area contributed by atoms with Gasteiger partial charge < -0.3 is 14.6 Å². The van der Waals surface area contributed by atoms with E-state index in [-0.39, 0.29) is 0 Å². The van der Waals surface area contributed by atoms with E-state index in [0.29, 0.717) is 6.04 Å². The third-order valence-corrected chi connectivity index (χ3v) is 4.48. The second kappa shape index (κ2) is 6.34. The maximum absolute atomic E-state index is 5.99. The van der Waals surface area contributed by atoms with Gasteiger partial charge in [0.15, 0.2) is 0 Å². The first-order chi connectivity index (χ1) is 10.1. The van der Waals surface area contributed by atoms with Gasteiger partial charge in [0.1, 0.15) is 5.65 Å². The minimum Gasteiger partial charge on any atom is -0.311 e. The van der Waals surface area contributed by atoms with Gasteiger partial charge >= 0.3 is 0 Å². The minimum atomic E-state index is 0.665. The van der Waals surface area contributed by atoms with Crippen molar-refractivity contribution in [2.75, 3.05) is 19.6 Å². The van der Waals surface area contributed by atoms with Crippen molar-refractivity contribution >= 4 is 17.2 Å². The molecule has 4 nitrogen and oxygen atoms in total. The van der Waals surface area contributed by atoms with Crippen LogP contribution in [0.4, 0.5) is 0 Å². The zero-order valence-electron chi connectivity index (χ0n) is 12.7. The Labute approximate surface area is 131 Å². The van der Waals surface area contributed by atoms with E-state index in [4.69, 9.17) is 11.6 Å². The Kier molecular flexibility index (Phi) is 4.48. The van der Waals surface area contributed by atoms with E-state index in [1.54, 1.807) is 0 Å². The number of aromatic nitrogens is 2. The Morgan fingerprint density at radius 1 is 1.38 bits per heavy atom. The molecule has 2 aromatic heterocycles. The normalized spacial score (nSPS) is 19.9. The van der Waals surface area contributed by atoms with Crippen LogP contribution >= 0.6 is 11.6 Å². The van der Waals surface area contributed by atoms with Gasteiger partial charge in [0.05, 0.1) is 10.7 Å². The van der Waals surface area contributed by atoms with E-state index in [1.807, 2.05) is 28.9 Å². The van der Waals surface area contributed by atoms with Gasteiger partial charge in [-0.05, 0) is 51.4 Å². The van der Waals surface area contributed by atoms with Crippen LogP contribution in [-0.4, -0.2) is 40.0 Å². The van der Waals surface area contributed by atoms with Crippen LogP contribution in [0.1, 0.15) is 26.0 Å². The molecule has 21 heavy (non-hydrogen) atoms. The number of nitrogens with one attached hydrogen (secondary N) is 1. The molecule has 1 atom stereocenters. The molecule has 114 valence electrons. The molecule has 5 heteroatoms. The van der Waals surface area contributed by atoms with Crippen molar-refractivity contribution in [3.05, 3.63) is 35.2 Å². The summed E-state index contributed by atoms with van der Waals surface area (Å²) in [4.78, 5) is 7.15. The fourth-order valence-corrected chi connectivity index (χ4v) is 3.17. The molecule has 0 saturated carbocycles. The zero-order chi connectivity index (χ0) is 14.8. The quantitative estimate of drug-likeness (QED) is 0.922. The zero-order valence-corrected chi connectivity index (χ0v) is 13.5. The van der Waals surface area contributed by atoms with Crippen LogP contribution in [0.15, 0.2) is 24.5 Å². The first-order valence-corrected chi connectivity index (χ1v) is 8.07. The summed E-state index contributed by atoms with van der Waals surface area (Å²) in [6.07, 6.45) is 5.24. The molecule has 3 rings (SSSR count). The fourth-order valence-electron chi connectivity index (χ4n) is 3.00. The lowest BCUT2D eigenvalue weighted by Crippen LogP contribution is -2.30. The summed E-state index contributed by atoms with van der Waals surface area (Å²) < 4.78 is 1.98. The van der Waals surface area contributed by atoms with E-state index < -0.39 is 0 Å². The van der Waals surface area contributed by atoms with Crippen LogP contribution in [0.25, 0.3) is 5.65 Å². The van der Waals surface area contributed by atoms with Crippen molar-refractivity contribution in [3.63, 3.8) is 0 Å². The number of likely N-dealkylation sites (tertiary alicyclic amines) is 1. The van der Waals surface area contributed by atoms with Crippen molar-refractivity contribution < 1.29 is 0 Å². The monoisotopic (exact) mass is 306 g/mol. The number of pyridine rings is 1. The number of rotatable bonds is 5. The van der Waals surface area contributed by atoms with E-state index >= 15 is 0 Å². The van der Waals surface area contributed by atoms with Gasteiger partial charge in [-0.3, -0.25) is 0 Å². The first-order valence-electron chi connectivity index (χ1n) is 7.69. The number of imidazole rings is 1. The fraction of sp³-hybridized carbons (Fsp3) is 0.562. The Balaban J connectivity index is 1.51. The summed E-state index contributed by atoms with van der Waals surface area (Å²) in [5.41, 5.74) is 2.01. The molecule has 1 N–H and O–H groups in total. The van der Waals surface area contributed by atoms with Gasteiger partial charge in [0.2, 0.25) is 0 Å². The van der Waals surface area contributed by atoms with E-state index in [1.165, 1.54) is 19.5 Å². The lowest BCUT2D eigenvalue weighted by Gasteiger charge is -2.20. The maximum atomic E-state index is 5.99. The standard InChI is InChI=1S/C16H23ClN4/c1-12(2)20-6-5-13(9-20)7-18-8-15-11-21-10-14(17)3-4-16(21)19-15/h3-4,10-13,18H,5-9H2,1-2H3. The largest absolute Gasteiger partial charge is 0.311 e. The average Bonchev–Trinajstić information content (AvgIpc) is 3.04. The third-order valence-electron chi connectivity index (χ3n) is 4.25. The predicted molar refractivity (Wildman–Crippen MR) is 86.7 cm³/mol. The van der Waals surface area contributed by atoms with Gasteiger partial charge in [-0.25, -0.2) is 4.98 Å². The number of halogens is 1. The van der Waals surface area contributed by atoms with Crippen molar-refractivity contribution in [1.82, 2.24) is 19.6 Å². The molecule has 1 aliphatic heterocycles. The Morgan fingerprint density at radius 2 is 2.24 bits per heavy atom. The van der Waals surface area contributed by atoms with Gasteiger partial charge in [0.25, 0.3) is 0 Å². The number of fused-ring (bicyclic) bond motifs is 1. The lowest BCUT2D eigenvalue weighted by atomic mass is 10.1.